The summed E-state index contributed by atoms with van der Waals surface area (Å²) in [6.45, 7) is 0.207. The molecule has 1 aromatic heterocycles. The summed E-state index contributed by atoms with van der Waals surface area (Å²) in [5.41, 5.74) is 4.53. The van der Waals surface area contributed by atoms with E-state index < -0.39 is 0 Å². The molecule has 1 aliphatic rings. The predicted molar refractivity (Wildman–Crippen MR) is 67.8 cm³/mol. The normalized spacial score (nSPS) is 18.1. The smallest absolute Gasteiger partial charge is 0.0705 e. The lowest BCUT2D eigenvalue weighted by atomic mass is 10.1. The van der Waals surface area contributed by atoms with E-state index in [1.807, 2.05) is 18.2 Å². The maximum absolute atomic E-state index is 9.33. The molecule has 0 bridgehead atoms. The van der Waals surface area contributed by atoms with Crippen LogP contribution in [0.2, 0.25) is 0 Å². The molecule has 1 atom stereocenters. The molecule has 0 amide bonds. The van der Waals surface area contributed by atoms with Gasteiger partial charge in [0.05, 0.1) is 12.3 Å². The van der Waals surface area contributed by atoms with E-state index in [4.69, 9.17) is 4.98 Å². The molecule has 2 nitrogen and oxygen atoms in total. The number of nitrogens with zero attached hydrogens (tertiary/aromatic N) is 1. The summed E-state index contributed by atoms with van der Waals surface area (Å²) in [6.07, 6.45) is 2.07. The minimum Gasteiger partial charge on any atom is -0.396 e. The van der Waals surface area contributed by atoms with Crippen LogP contribution in [-0.2, 0) is 6.42 Å². The second-order valence-corrected chi connectivity index (χ2v) is 4.53. The van der Waals surface area contributed by atoms with Gasteiger partial charge >= 0.3 is 0 Å². The molecule has 1 aromatic carbocycles. The van der Waals surface area contributed by atoms with Crippen LogP contribution in [0.3, 0.4) is 0 Å². The Morgan fingerprint density at radius 3 is 2.71 bits per heavy atom. The van der Waals surface area contributed by atoms with Crippen LogP contribution in [0.15, 0.2) is 42.5 Å². The first-order valence-electron chi connectivity index (χ1n) is 6.04. The van der Waals surface area contributed by atoms with Crippen molar-refractivity contribution in [1.82, 2.24) is 4.98 Å². The van der Waals surface area contributed by atoms with Crippen molar-refractivity contribution in [2.45, 2.75) is 18.8 Å². The largest absolute Gasteiger partial charge is 0.396 e. The minimum absolute atomic E-state index is 0.207. The highest BCUT2D eigenvalue weighted by Crippen LogP contribution is 2.32. The Hall–Kier alpha value is -1.67. The third-order valence-electron chi connectivity index (χ3n) is 3.45. The summed E-state index contributed by atoms with van der Waals surface area (Å²) < 4.78 is 0. The molecule has 0 aliphatic heterocycles. The van der Waals surface area contributed by atoms with Gasteiger partial charge in [-0.2, -0.15) is 0 Å². The Morgan fingerprint density at radius 2 is 1.94 bits per heavy atom. The fraction of sp³-hybridized carbons (Fsp3) is 0.267. The fourth-order valence-electron chi connectivity index (χ4n) is 2.48. The fourth-order valence-corrected chi connectivity index (χ4v) is 2.48. The predicted octanol–water partition coefficient (Wildman–Crippen LogP) is 2.77. The molecule has 86 valence electrons. The van der Waals surface area contributed by atoms with Gasteiger partial charge in [-0.25, -0.2) is 0 Å². The second kappa shape index (κ2) is 4.30. The van der Waals surface area contributed by atoms with Gasteiger partial charge in [0.15, 0.2) is 0 Å². The zero-order valence-electron chi connectivity index (χ0n) is 9.63. The van der Waals surface area contributed by atoms with E-state index in [1.54, 1.807) is 0 Å². The summed E-state index contributed by atoms with van der Waals surface area (Å²) in [5.74, 6) is 0.230. The van der Waals surface area contributed by atoms with Gasteiger partial charge in [0.2, 0.25) is 0 Å². The second-order valence-electron chi connectivity index (χ2n) is 4.53. The van der Waals surface area contributed by atoms with Gasteiger partial charge in [0.1, 0.15) is 0 Å². The van der Waals surface area contributed by atoms with Crippen LogP contribution in [0.25, 0.3) is 11.3 Å². The summed E-state index contributed by atoms with van der Waals surface area (Å²) >= 11 is 0. The van der Waals surface area contributed by atoms with Gasteiger partial charge in [0, 0.05) is 17.2 Å². The molecule has 0 fully saturated rings. The molecule has 1 heterocycles. The first-order chi connectivity index (χ1) is 8.38. The van der Waals surface area contributed by atoms with E-state index in [0.717, 1.165) is 29.8 Å². The molecule has 1 aliphatic carbocycles. The number of pyridine rings is 1. The molecule has 0 saturated carbocycles. The number of aliphatic hydroxyl groups excluding tert-OH is 1. The lowest BCUT2D eigenvalue weighted by Gasteiger charge is -2.08. The Labute approximate surface area is 101 Å². The van der Waals surface area contributed by atoms with Crippen LogP contribution < -0.4 is 0 Å². The SMILES string of the molecule is OC[C@H]1CCc2ccc(-c3ccccc3)nc21. The van der Waals surface area contributed by atoms with Crippen LogP contribution in [0, 0.1) is 0 Å². The highest BCUT2D eigenvalue weighted by Gasteiger charge is 2.23. The van der Waals surface area contributed by atoms with Crippen LogP contribution in [0.5, 0.6) is 0 Å². The number of benzene rings is 1. The lowest BCUT2D eigenvalue weighted by molar-refractivity contribution is 0.263. The van der Waals surface area contributed by atoms with E-state index in [9.17, 15) is 5.11 Å². The summed E-state index contributed by atoms with van der Waals surface area (Å²) in [6, 6.07) is 14.4. The summed E-state index contributed by atoms with van der Waals surface area (Å²) in [7, 11) is 0. The highest BCUT2D eigenvalue weighted by atomic mass is 16.3. The van der Waals surface area contributed by atoms with Crippen molar-refractivity contribution >= 4 is 0 Å². The summed E-state index contributed by atoms with van der Waals surface area (Å²) in [4.78, 5) is 4.72. The molecule has 0 saturated heterocycles. The van der Waals surface area contributed by atoms with Crippen LogP contribution in [-0.4, -0.2) is 16.7 Å². The Kier molecular flexibility index (Phi) is 2.65. The van der Waals surface area contributed by atoms with Gasteiger partial charge in [-0.1, -0.05) is 36.4 Å². The van der Waals surface area contributed by atoms with Crippen molar-refractivity contribution in [3.8, 4) is 11.3 Å². The number of aryl methyl sites for hydroxylation is 1. The van der Waals surface area contributed by atoms with E-state index in [1.165, 1.54) is 5.56 Å². The minimum atomic E-state index is 0.207. The maximum atomic E-state index is 9.33. The first-order valence-corrected chi connectivity index (χ1v) is 6.04. The molecule has 0 unspecified atom stereocenters. The third-order valence-corrected chi connectivity index (χ3v) is 3.45. The molecular weight excluding hydrogens is 210 g/mol. The number of fused-ring (bicyclic) bond motifs is 1. The first kappa shape index (κ1) is 10.5. The molecule has 0 spiro atoms. The topological polar surface area (TPSA) is 33.1 Å². The lowest BCUT2D eigenvalue weighted by Crippen LogP contribution is -2.02. The summed E-state index contributed by atoms with van der Waals surface area (Å²) in [5, 5.41) is 9.33. The molecular formula is C15H15NO. The average molecular weight is 225 g/mol. The molecule has 17 heavy (non-hydrogen) atoms. The van der Waals surface area contributed by atoms with Gasteiger partial charge in [0.25, 0.3) is 0 Å². The Balaban J connectivity index is 2.04. The van der Waals surface area contributed by atoms with Crippen molar-refractivity contribution in [2.75, 3.05) is 6.61 Å². The molecule has 3 rings (SSSR count). The molecule has 1 N–H and O–H groups in total. The monoisotopic (exact) mass is 225 g/mol. The quantitative estimate of drug-likeness (QED) is 0.852. The molecule has 2 aromatic rings. The van der Waals surface area contributed by atoms with E-state index in [2.05, 4.69) is 24.3 Å². The van der Waals surface area contributed by atoms with Crippen LogP contribution in [0.4, 0.5) is 0 Å². The highest BCUT2D eigenvalue weighted by molar-refractivity contribution is 5.59. The Bertz CT molecular complexity index is 522. The van der Waals surface area contributed by atoms with Crippen molar-refractivity contribution in [1.29, 1.82) is 0 Å². The van der Waals surface area contributed by atoms with Crippen LogP contribution in [0.1, 0.15) is 23.6 Å². The van der Waals surface area contributed by atoms with Crippen LogP contribution >= 0.6 is 0 Å². The van der Waals surface area contributed by atoms with E-state index in [-0.39, 0.29) is 12.5 Å². The molecule has 2 heteroatoms. The molecule has 0 radical (unpaired) electrons. The van der Waals surface area contributed by atoms with Crippen molar-refractivity contribution in [2.24, 2.45) is 0 Å². The average Bonchev–Trinajstić information content (AvgIpc) is 2.81. The van der Waals surface area contributed by atoms with E-state index >= 15 is 0 Å². The zero-order valence-corrected chi connectivity index (χ0v) is 9.63. The number of hydrogen-bond donors (Lipinski definition) is 1. The van der Waals surface area contributed by atoms with Gasteiger partial charge in [-0.3, -0.25) is 4.98 Å². The third kappa shape index (κ3) is 1.85. The number of rotatable bonds is 2. The van der Waals surface area contributed by atoms with Crippen molar-refractivity contribution < 1.29 is 5.11 Å². The van der Waals surface area contributed by atoms with Gasteiger partial charge in [-0.05, 0) is 24.5 Å². The Morgan fingerprint density at radius 1 is 1.12 bits per heavy atom. The van der Waals surface area contributed by atoms with Gasteiger partial charge < -0.3 is 5.11 Å². The van der Waals surface area contributed by atoms with Gasteiger partial charge in [-0.15, -0.1) is 0 Å². The van der Waals surface area contributed by atoms with Crippen molar-refractivity contribution in [3.05, 3.63) is 53.7 Å². The number of aliphatic hydroxyl groups is 1. The number of aromatic nitrogens is 1. The number of hydrogen-bond acceptors (Lipinski definition) is 2. The standard InChI is InChI=1S/C15H15NO/c17-10-13-7-6-12-8-9-14(16-15(12)13)11-4-2-1-3-5-11/h1-5,8-9,13,17H,6-7,10H2/t13-/m1/s1. The van der Waals surface area contributed by atoms with Crippen molar-refractivity contribution in [3.63, 3.8) is 0 Å². The zero-order chi connectivity index (χ0) is 11.7. The van der Waals surface area contributed by atoms with E-state index in [0.29, 0.717) is 0 Å². The maximum Gasteiger partial charge on any atom is 0.0705 e.